The zero-order chi connectivity index (χ0) is 13.7. The van der Waals surface area contributed by atoms with E-state index in [1.807, 2.05) is 24.3 Å². The van der Waals surface area contributed by atoms with Gasteiger partial charge in [0, 0.05) is 5.56 Å². The summed E-state index contributed by atoms with van der Waals surface area (Å²) >= 11 is 0. The van der Waals surface area contributed by atoms with Gasteiger partial charge in [0.2, 0.25) is 0 Å². The molecular formula is C13H15NO5. The Kier molecular flexibility index (Phi) is 4.22. The molecule has 6 heteroatoms. The molecule has 0 aliphatic carbocycles. The van der Waals surface area contributed by atoms with Crippen LogP contribution in [-0.2, 0) is 14.3 Å². The lowest BCUT2D eigenvalue weighted by molar-refractivity contribution is -0.104. The number of hydrogen-bond donors (Lipinski definition) is 0. The van der Waals surface area contributed by atoms with Gasteiger partial charge in [-0.3, -0.25) is 0 Å². The molecule has 1 aliphatic heterocycles. The minimum atomic E-state index is -0.760. The number of benzene rings is 1. The van der Waals surface area contributed by atoms with Gasteiger partial charge >= 0.3 is 6.16 Å². The van der Waals surface area contributed by atoms with Crippen molar-refractivity contribution < 1.29 is 23.8 Å². The summed E-state index contributed by atoms with van der Waals surface area (Å²) in [4.78, 5) is 16.2. The van der Waals surface area contributed by atoms with Crippen LogP contribution in [0.15, 0.2) is 29.4 Å². The second-order valence-electron chi connectivity index (χ2n) is 3.78. The van der Waals surface area contributed by atoms with E-state index in [-0.39, 0.29) is 6.61 Å². The highest BCUT2D eigenvalue weighted by Crippen LogP contribution is 2.24. The van der Waals surface area contributed by atoms with Gasteiger partial charge in [0.15, 0.2) is 0 Å². The van der Waals surface area contributed by atoms with Crippen LogP contribution in [0.25, 0.3) is 0 Å². The van der Waals surface area contributed by atoms with E-state index in [4.69, 9.17) is 14.3 Å². The number of carbonyl (C=O) groups excluding carboxylic acids is 1. The number of methoxy groups -OCH3 is 1. The van der Waals surface area contributed by atoms with Crippen LogP contribution < -0.4 is 4.74 Å². The average molecular weight is 265 g/mol. The van der Waals surface area contributed by atoms with Gasteiger partial charge in [-0.2, -0.15) is 0 Å². The van der Waals surface area contributed by atoms with Crippen molar-refractivity contribution in [3.05, 3.63) is 29.8 Å². The topological polar surface area (TPSA) is 66.4 Å². The van der Waals surface area contributed by atoms with Crippen LogP contribution in [0.1, 0.15) is 18.9 Å². The summed E-state index contributed by atoms with van der Waals surface area (Å²) in [6, 6.07) is 7.44. The number of hydrogen-bond acceptors (Lipinski definition) is 6. The van der Waals surface area contributed by atoms with Crippen LogP contribution in [0.3, 0.4) is 0 Å². The first-order valence-electron chi connectivity index (χ1n) is 5.94. The van der Waals surface area contributed by atoms with Crippen LogP contribution >= 0.6 is 0 Å². The van der Waals surface area contributed by atoms with Crippen molar-refractivity contribution >= 4 is 11.9 Å². The highest BCUT2D eigenvalue weighted by molar-refractivity contribution is 6.03. The molecule has 1 aliphatic rings. The molecule has 0 saturated heterocycles. The molecule has 1 atom stereocenters. The summed E-state index contributed by atoms with van der Waals surface area (Å²) < 4.78 is 14.9. The molecular weight excluding hydrogens is 250 g/mol. The quantitative estimate of drug-likeness (QED) is 0.781. The van der Waals surface area contributed by atoms with Gasteiger partial charge in [-0.1, -0.05) is 17.3 Å². The molecule has 102 valence electrons. The highest BCUT2D eigenvalue weighted by atomic mass is 16.8. The van der Waals surface area contributed by atoms with E-state index in [2.05, 4.69) is 9.89 Å². The Hall–Kier alpha value is -2.24. The molecule has 1 aromatic carbocycles. The van der Waals surface area contributed by atoms with Gasteiger partial charge in [0.05, 0.1) is 25.8 Å². The van der Waals surface area contributed by atoms with Gasteiger partial charge in [-0.05, 0) is 19.1 Å². The van der Waals surface area contributed by atoms with Crippen molar-refractivity contribution in [1.82, 2.24) is 0 Å². The summed E-state index contributed by atoms with van der Waals surface area (Å²) in [5.41, 5.74) is 1.49. The maximum Gasteiger partial charge on any atom is 0.511 e. The Morgan fingerprint density at radius 1 is 1.47 bits per heavy atom. The van der Waals surface area contributed by atoms with Crippen molar-refractivity contribution in [2.75, 3.05) is 13.7 Å². The van der Waals surface area contributed by atoms with Crippen molar-refractivity contribution in [3.8, 4) is 5.75 Å². The van der Waals surface area contributed by atoms with E-state index in [9.17, 15) is 4.79 Å². The van der Waals surface area contributed by atoms with E-state index < -0.39 is 12.4 Å². The molecule has 1 heterocycles. The number of nitrogens with zero attached hydrogens (tertiary/aromatic N) is 1. The number of carbonyl (C=O) groups is 1. The molecule has 0 fully saturated rings. The summed E-state index contributed by atoms with van der Waals surface area (Å²) in [6.07, 6.45) is -1.15. The van der Waals surface area contributed by atoms with Crippen molar-refractivity contribution in [2.24, 2.45) is 5.16 Å². The van der Waals surface area contributed by atoms with Crippen molar-refractivity contribution in [3.63, 3.8) is 0 Å². The summed E-state index contributed by atoms with van der Waals surface area (Å²) in [7, 11) is 1.59. The van der Waals surface area contributed by atoms with E-state index in [1.165, 1.54) is 0 Å². The van der Waals surface area contributed by atoms with Crippen LogP contribution in [0.4, 0.5) is 4.79 Å². The van der Waals surface area contributed by atoms with Gasteiger partial charge in [0.1, 0.15) is 5.75 Å². The molecule has 6 nitrogen and oxygen atoms in total. The maximum atomic E-state index is 11.2. The first-order chi connectivity index (χ1) is 9.24. The first kappa shape index (κ1) is 13.2. The van der Waals surface area contributed by atoms with Crippen molar-refractivity contribution in [2.45, 2.75) is 19.6 Å². The average Bonchev–Trinajstić information content (AvgIpc) is 2.87. The Labute approximate surface area is 110 Å². The van der Waals surface area contributed by atoms with Gasteiger partial charge in [-0.15, -0.1) is 0 Å². The fourth-order valence-corrected chi connectivity index (χ4v) is 1.72. The monoisotopic (exact) mass is 265 g/mol. The standard InChI is InChI=1S/C13H15NO5/c1-3-17-13(15)18-12-8-10(14-19-12)9-6-4-5-7-11(9)16-2/h4-7,12H,3,8H2,1-2H3. The molecule has 0 amide bonds. The predicted molar refractivity (Wildman–Crippen MR) is 67.1 cm³/mol. The molecule has 2 rings (SSSR count). The smallest absolute Gasteiger partial charge is 0.496 e. The number of ether oxygens (including phenoxy) is 3. The third-order valence-electron chi connectivity index (χ3n) is 2.55. The second kappa shape index (κ2) is 6.08. The molecule has 1 aromatic rings. The molecule has 1 unspecified atom stereocenters. The van der Waals surface area contributed by atoms with E-state index in [0.717, 1.165) is 5.56 Å². The lowest BCUT2D eigenvalue weighted by Crippen LogP contribution is -2.19. The molecule has 0 saturated carbocycles. The van der Waals surface area contributed by atoms with E-state index >= 15 is 0 Å². The van der Waals surface area contributed by atoms with Gasteiger partial charge < -0.3 is 19.0 Å². The van der Waals surface area contributed by atoms with E-state index in [0.29, 0.717) is 17.9 Å². The SMILES string of the molecule is CCOC(=O)OC1CC(c2ccccc2OC)=NO1. The van der Waals surface area contributed by atoms with Crippen LogP contribution in [0.5, 0.6) is 5.75 Å². The Morgan fingerprint density at radius 2 is 2.26 bits per heavy atom. The van der Waals surface area contributed by atoms with Gasteiger partial charge in [-0.25, -0.2) is 4.79 Å². The van der Waals surface area contributed by atoms with Crippen LogP contribution in [-0.4, -0.2) is 31.9 Å². The number of para-hydroxylation sites is 1. The maximum absolute atomic E-state index is 11.2. The molecule has 0 aromatic heterocycles. The highest BCUT2D eigenvalue weighted by Gasteiger charge is 2.27. The zero-order valence-corrected chi connectivity index (χ0v) is 10.8. The summed E-state index contributed by atoms with van der Waals surface area (Å²) in [6.45, 7) is 1.96. The zero-order valence-electron chi connectivity index (χ0n) is 10.8. The van der Waals surface area contributed by atoms with Crippen LogP contribution in [0.2, 0.25) is 0 Å². The molecule has 0 bridgehead atoms. The Morgan fingerprint density at radius 3 is 3.00 bits per heavy atom. The largest absolute Gasteiger partial charge is 0.511 e. The lowest BCUT2D eigenvalue weighted by Gasteiger charge is -2.09. The van der Waals surface area contributed by atoms with Gasteiger partial charge in [0.25, 0.3) is 6.29 Å². The number of oxime groups is 1. The van der Waals surface area contributed by atoms with Crippen LogP contribution in [0, 0.1) is 0 Å². The molecule has 19 heavy (non-hydrogen) atoms. The predicted octanol–water partition coefficient (Wildman–Crippen LogP) is 2.32. The third-order valence-corrected chi connectivity index (χ3v) is 2.55. The Balaban J connectivity index is 1.99. The number of rotatable bonds is 4. The lowest BCUT2D eigenvalue weighted by atomic mass is 10.1. The molecule has 0 spiro atoms. The summed E-state index contributed by atoms with van der Waals surface area (Å²) in [5, 5.41) is 3.91. The fourth-order valence-electron chi connectivity index (χ4n) is 1.72. The van der Waals surface area contributed by atoms with Crippen molar-refractivity contribution in [1.29, 1.82) is 0 Å². The van der Waals surface area contributed by atoms with E-state index in [1.54, 1.807) is 14.0 Å². The second-order valence-corrected chi connectivity index (χ2v) is 3.78. The first-order valence-corrected chi connectivity index (χ1v) is 5.94. The Bertz CT molecular complexity index is 486. The normalized spacial score (nSPS) is 17.4. The molecule has 0 radical (unpaired) electrons. The summed E-state index contributed by atoms with van der Waals surface area (Å²) in [5.74, 6) is 0.696. The minimum Gasteiger partial charge on any atom is -0.496 e. The fraction of sp³-hybridized carbons (Fsp3) is 0.385. The third kappa shape index (κ3) is 3.15. The minimum absolute atomic E-state index is 0.256. The molecule has 0 N–H and O–H groups in total.